The van der Waals surface area contributed by atoms with Crippen LogP contribution in [0.15, 0.2) is 191 Å². The van der Waals surface area contributed by atoms with Crippen LogP contribution in [0, 0.1) is 0 Å². The van der Waals surface area contributed by atoms with E-state index in [1.807, 2.05) is 84.9 Å². The lowest BCUT2D eigenvalue weighted by atomic mass is 9.97. The molecule has 3 heterocycles. The number of aromatic nitrogens is 4. The fourth-order valence-corrected chi connectivity index (χ4v) is 7.55. The van der Waals surface area contributed by atoms with Gasteiger partial charge in [0.15, 0.2) is 23.1 Å². The van der Waals surface area contributed by atoms with Gasteiger partial charge in [-0.05, 0) is 69.4 Å². The highest BCUT2D eigenvalue weighted by Gasteiger charge is 2.17. The molecule has 0 spiro atoms. The summed E-state index contributed by atoms with van der Waals surface area (Å²) in [5.41, 5.74) is 11.1. The fourth-order valence-electron chi connectivity index (χ4n) is 7.55. The van der Waals surface area contributed by atoms with Crippen molar-refractivity contribution >= 4 is 43.8 Å². The molecule has 56 heavy (non-hydrogen) atoms. The molecule has 11 rings (SSSR count). The third-order valence-electron chi connectivity index (χ3n) is 10.4. The van der Waals surface area contributed by atoms with Crippen molar-refractivity contribution in [3.8, 4) is 67.9 Å². The lowest BCUT2D eigenvalue weighted by Gasteiger charge is -2.11. The van der Waals surface area contributed by atoms with Crippen molar-refractivity contribution in [1.82, 2.24) is 19.9 Å². The first kappa shape index (κ1) is 31.8. The van der Waals surface area contributed by atoms with Crippen LogP contribution >= 0.6 is 0 Å². The number of fused-ring (bicyclic) bond motifs is 5. The van der Waals surface area contributed by atoms with Crippen molar-refractivity contribution in [2.45, 2.75) is 0 Å². The van der Waals surface area contributed by atoms with Crippen LogP contribution in [-0.2, 0) is 0 Å². The first-order valence-electron chi connectivity index (χ1n) is 18.5. The monoisotopic (exact) mass is 718 g/mol. The van der Waals surface area contributed by atoms with E-state index in [1.54, 1.807) is 0 Å². The van der Waals surface area contributed by atoms with Crippen molar-refractivity contribution < 1.29 is 8.83 Å². The molecule has 0 atom stereocenters. The maximum Gasteiger partial charge on any atom is 0.227 e. The van der Waals surface area contributed by atoms with E-state index in [1.165, 1.54) is 16.3 Å². The van der Waals surface area contributed by atoms with Crippen LogP contribution in [-0.4, -0.2) is 19.9 Å². The Morgan fingerprint density at radius 3 is 1.68 bits per heavy atom. The van der Waals surface area contributed by atoms with Crippen molar-refractivity contribution in [1.29, 1.82) is 0 Å². The second-order valence-electron chi connectivity index (χ2n) is 13.9. The second-order valence-corrected chi connectivity index (χ2v) is 13.9. The Hall–Kier alpha value is -7.70. The molecule has 3 aromatic heterocycles. The predicted octanol–water partition coefficient (Wildman–Crippen LogP) is 13.1. The number of hydrogen-bond donors (Lipinski definition) is 0. The number of furan rings is 1. The highest BCUT2D eigenvalue weighted by atomic mass is 16.4. The van der Waals surface area contributed by atoms with Gasteiger partial charge in [0.2, 0.25) is 5.89 Å². The Morgan fingerprint density at radius 2 is 0.875 bits per heavy atom. The van der Waals surface area contributed by atoms with Gasteiger partial charge in [0.25, 0.3) is 0 Å². The van der Waals surface area contributed by atoms with Crippen LogP contribution in [0.5, 0.6) is 0 Å². The van der Waals surface area contributed by atoms with Gasteiger partial charge in [0.05, 0.1) is 0 Å². The lowest BCUT2D eigenvalue weighted by Crippen LogP contribution is -2.00. The normalized spacial score (nSPS) is 11.6. The van der Waals surface area contributed by atoms with Crippen LogP contribution < -0.4 is 0 Å². The molecule has 0 radical (unpaired) electrons. The third kappa shape index (κ3) is 5.60. The average Bonchev–Trinajstić information content (AvgIpc) is 3.86. The molecule has 8 aromatic carbocycles. The molecule has 6 nitrogen and oxygen atoms in total. The summed E-state index contributed by atoms with van der Waals surface area (Å²) >= 11 is 0. The molecular weight excluding hydrogens is 689 g/mol. The molecular formula is C50H30N4O2. The van der Waals surface area contributed by atoms with Gasteiger partial charge in [0, 0.05) is 39.1 Å². The van der Waals surface area contributed by atoms with E-state index >= 15 is 0 Å². The Labute approximate surface area is 321 Å². The van der Waals surface area contributed by atoms with Gasteiger partial charge in [-0.15, -0.1) is 0 Å². The molecule has 0 unspecified atom stereocenters. The molecule has 11 aromatic rings. The zero-order valence-corrected chi connectivity index (χ0v) is 29.9. The number of hydrogen-bond acceptors (Lipinski definition) is 6. The summed E-state index contributed by atoms with van der Waals surface area (Å²) in [6.07, 6.45) is 0. The largest absolute Gasteiger partial charge is 0.456 e. The van der Waals surface area contributed by atoms with Crippen molar-refractivity contribution in [2.24, 2.45) is 0 Å². The molecule has 0 saturated carbocycles. The summed E-state index contributed by atoms with van der Waals surface area (Å²) in [6.45, 7) is 0. The molecule has 0 bridgehead atoms. The molecule has 0 aliphatic heterocycles. The highest BCUT2D eigenvalue weighted by molar-refractivity contribution is 6.09. The molecule has 0 fully saturated rings. The van der Waals surface area contributed by atoms with E-state index < -0.39 is 0 Å². The first-order valence-corrected chi connectivity index (χ1v) is 18.5. The van der Waals surface area contributed by atoms with Crippen LogP contribution in [0.1, 0.15) is 0 Å². The smallest absolute Gasteiger partial charge is 0.227 e. The minimum absolute atomic E-state index is 0.593. The summed E-state index contributed by atoms with van der Waals surface area (Å²) in [5.74, 6) is 2.43. The van der Waals surface area contributed by atoms with Crippen molar-refractivity contribution in [3.05, 3.63) is 182 Å². The molecule has 262 valence electrons. The quantitative estimate of drug-likeness (QED) is 0.170. The van der Waals surface area contributed by atoms with Gasteiger partial charge in [-0.3, -0.25) is 0 Å². The SMILES string of the molecule is c1ccc(-c2nc(-c3ccc(-c4cccc5ccccc45)cc3)nc(-c3cccc(-c4ccc5c(c4)oc4cc6nc(-c7ccccc7)oc6cc45)c3)n2)cc1. The zero-order chi connectivity index (χ0) is 37.0. The summed E-state index contributed by atoms with van der Waals surface area (Å²) in [5, 5.41) is 4.44. The molecule has 0 aliphatic carbocycles. The molecule has 0 N–H and O–H groups in total. The van der Waals surface area contributed by atoms with Gasteiger partial charge >= 0.3 is 0 Å². The topological polar surface area (TPSA) is 77.8 Å². The minimum atomic E-state index is 0.593. The number of nitrogens with zero attached hydrogens (tertiary/aromatic N) is 4. The average molecular weight is 719 g/mol. The van der Waals surface area contributed by atoms with Gasteiger partial charge in [-0.25, -0.2) is 19.9 Å². The van der Waals surface area contributed by atoms with Gasteiger partial charge in [0.1, 0.15) is 16.7 Å². The summed E-state index contributed by atoms with van der Waals surface area (Å²) in [4.78, 5) is 19.8. The van der Waals surface area contributed by atoms with E-state index in [4.69, 9.17) is 28.8 Å². The van der Waals surface area contributed by atoms with Crippen LogP contribution in [0.3, 0.4) is 0 Å². The van der Waals surface area contributed by atoms with Crippen LogP contribution in [0.4, 0.5) is 0 Å². The zero-order valence-electron chi connectivity index (χ0n) is 29.9. The minimum Gasteiger partial charge on any atom is -0.456 e. The first-order chi connectivity index (χ1) is 27.7. The summed E-state index contributed by atoms with van der Waals surface area (Å²) in [6, 6.07) is 62.0. The van der Waals surface area contributed by atoms with Gasteiger partial charge < -0.3 is 8.83 Å². The number of oxazole rings is 1. The van der Waals surface area contributed by atoms with Crippen molar-refractivity contribution in [3.63, 3.8) is 0 Å². The maximum absolute atomic E-state index is 6.42. The van der Waals surface area contributed by atoms with Crippen molar-refractivity contribution in [2.75, 3.05) is 0 Å². The molecule has 0 saturated heterocycles. The van der Waals surface area contributed by atoms with Gasteiger partial charge in [-0.1, -0.05) is 140 Å². The van der Waals surface area contributed by atoms with E-state index in [9.17, 15) is 0 Å². The van der Waals surface area contributed by atoms with E-state index in [0.717, 1.165) is 72.0 Å². The van der Waals surface area contributed by atoms with Crippen LogP contribution in [0.2, 0.25) is 0 Å². The summed E-state index contributed by atoms with van der Waals surface area (Å²) < 4.78 is 12.6. The number of benzene rings is 8. The standard InChI is InChI=1S/C50H30N4O2/c1-3-12-33(13-4-1)47-52-48(34-23-21-32(22-24-34)40-20-10-16-31-11-7-8-19-39(31)40)54-49(53-47)38-18-9-17-36(27-38)37-25-26-41-42-29-46-43(30-45(42)55-44(41)28-37)51-50(56-46)35-14-5-2-6-15-35/h1-30H. The predicted molar refractivity (Wildman–Crippen MR) is 225 cm³/mol. The van der Waals surface area contributed by atoms with E-state index in [-0.39, 0.29) is 0 Å². The Morgan fingerprint density at radius 1 is 0.304 bits per heavy atom. The molecule has 6 heteroatoms. The third-order valence-corrected chi connectivity index (χ3v) is 10.4. The van der Waals surface area contributed by atoms with Crippen LogP contribution in [0.25, 0.3) is 112 Å². The fraction of sp³-hybridized carbons (Fsp3) is 0. The Kier molecular flexibility index (Phi) is 7.38. The lowest BCUT2D eigenvalue weighted by molar-refractivity contribution is 0.620. The highest BCUT2D eigenvalue weighted by Crippen LogP contribution is 2.37. The Balaban J connectivity index is 0.959. The summed E-state index contributed by atoms with van der Waals surface area (Å²) in [7, 11) is 0. The Bertz CT molecular complexity index is 3240. The molecule has 0 aliphatic rings. The second kappa shape index (κ2) is 13.0. The van der Waals surface area contributed by atoms with E-state index in [0.29, 0.717) is 23.4 Å². The maximum atomic E-state index is 6.42. The van der Waals surface area contributed by atoms with E-state index in [2.05, 4.69) is 97.1 Å². The molecule has 0 amide bonds. The number of rotatable bonds is 6. The van der Waals surface area contributed by atoms with Gasteiger partial charge in [-0.2, -0.15) is 0 Å².